The topological polar surface area (TPSA) is 37.4 Å². The lowest BCUT2D eigenvalue weighted by atomic mass is 9.98. The first-order valence-electron chi connectivity index (χ1n) is 7.18. The second-order valence-corrected chi connectivity index (χ2v) is 6.01. The molecule has 1 atom stereocenters. The molecule has 2 rings (SSSR count). The van der Waals surface area contributed by atoms with Gasteiger partial charge in [0.1, 0.15) is 0 Å². The molecule has 1 aromatic rings. The highest BCUT2D eigenvalue weighted by Gasteiger charge is 2.22. The van der Waals surface area contributed by atoms with Crippen LogP contribution in [-0.2, 0) is 11.3 Å². The molecule has 0 bridgehead atoms. The summed E-state index contributed by atoms with van der Waals surface area (Å²) in [5.74, 6) is 0. The van der Waals surface area contributed by atoms with Crippen molar-refractivity contribution in [2.75, 3.05) is 32.6 Å². The summed E-state index contributed by atoms with van der Waals surface area (Å²) in [7, 11) is 3.71. The second kappa shape index (κ2) is 7.82. The summed E-state index contributed by atoms with van der Waals surface area (Å²) < 4.78 is 5.17. The Bertz CT molecular complexity index is 369. The van der Waals surface area contributed by atoms with Crippen LogP contribution >= 0.6 is 11.3 Å². The van der Waals surface area contributed by atoms with Crippen molar-refractivity contribution < 1.29 is 4.74 Å². The fraction of sp³-hybridized carbons (Fsp3) is 0.786. The molecular weight excluding hydrogens is 258 g/mol. The van der Waals surface area contributed by atoms with Crippen LogP contribution in [0.2, 0.25) is 0 Å². The van der Waals surface area contributed by atoms with E-state index in [9.17, 15) is 0 Å². The minimum atomic E-state index is 0.712. The average molecular weight is 283 g/mol. The molecule has 1 aliphatic rings. The van der Waals surface area contributed by atoms with E-state index in [4.69, 9.17) is 4.74 Å². The maximum atomic E-state index is 5.17. The zero-order valence-electron chi connectivity index (χ0n) is 12.0. The van der Waals surface area contributed by atoms with Crippen molar-refractivity contribution >= 4 is 16.5 Å². The summed E-state index contributed by atoms with van der Waals surface area (Å²) in [6, 6.07) is 0.712. The lowest BCUT2D eigenvalue weighted by Gasteiger charge is -2.35. The van der Waals surface area contributed by atoms with Gasteiger partial charge in [-0.2, -0.15) is 0 Å². The SMILES string of the molecule is CNc1nc(CN2CCCC[C@H]2CCCOC)cs1. The molecule has 2 heterocycles. The maximum Gasteiger partial charge on any atom is 0.182 e. The van der Waals surface area contributed by atoms with E-state index in [0.29, 0.717) is 6.04 Å². The van der Waals surface area contributed by atoms with E-state index < -0.39 is 0 Å². The van der Waals surface area contributed by atoms with Crippen LogP contribution in [0.15, 0.2) is 5.38 Å². The van der Waals surface area contributed by atoms with E-state index in [-0.39, 0.29) is 0 Å². The minimum absolute atomic E-state index is 0.712. The summed E-state index contributed by atoms with van der Waals surface area (Å²) in [5.41, 5.74) is 1.20. The molecule has 5 heteroatoms. The van der Waals surface area contributed by atoms with Gasteiger partial charge in [-0.3, -0.25) is 4.90 Å². The van der Waals surface area contributed by atoms with Crippen LogP contribution < -0.4 is 5.32 Å². The van der Waals surface area contributed by atoms with Gasteiger partial charge in [0.15, 0.2) is 5.13 Å². The van der Waals surface area contributed by atoms with E-state index in [1.165, 1.54) is 37.9 Å². The first kappa shape index (κ1) is 14.8. The van der Waals surface area contributed by atoms with Gasteiger partial charge in [-0.25, -0.2) is 4.98 Å². The summed E-state index contributed by atoms with van der Waals surface area (Å²) in [6.45, 7) is 3.09. The van der Waals surface area contributed by atoms with E-state index in [2.05, 4.69) is 20.6 Å². The summed E-state index contributed by atoms with van der Waals surface area (Å²) in [6.07, 6.45) is 6.43. The number of hydrogen-bond acceptors (Lipinski definition) is 5. The van der Waals surface area contributed by atoms with E-state index in [1.54, 1.807) is 18.4 Å². The summed E-state index contributed by atoms with van der Waals surface area (Å²) >= 11 is 1.69. The van der Waals surface area contributed by atoms with Crippen LogP contribution in [0.25, 0.3) is 0 Å². The van der Waals surface area contributed by atoms with Gasteiger partial charge in [0.25, 0.3) is 0 Å². The van der Waals surface area contributed by atoms with Crippen LogP contribution in [0.5, 0.6) is 0 Å². The molecule has 4 nitrogen and oxygen atoms in total. The quantitative estimate of drug-likeness (QED) is 0.781. The number of aromatic nitrogens is 1. The molecule has 0 saturated carbocycles. The standard InChI is InChI=1S/C14H25N3OS/c1-15-14-16-12(11-19-14)10-17-8-4-3-6-13(17)7-5-9-18-2/h11,13H,3-10H2,1-2H3,(H,15,16)/t13-/m0/s1. The Kier molecular flexibility index (Phi) is 6.07. The summed E-state index contributed by atoms with van der Waals surface area (Å²) in [4.78, 5) is 7.20. The van der Waals surface area contributed by atoms with Crippen molar-refractivity contribution in [3.05, 3.63) is 11.1 Å². The minimum Gasteiger partial charge on any atom is -0.385 e. The highest BCUT2D eigenvalue weighted by Crippen LogP contribution is 2.24. The molecular formula is C14H25N3OS. The molecule has 19 heavy (non-hydrogen) atoms. The number of ether oxygens (including phenoxy) is 1. The van der Waals surface area contributed by atoms with Crippen LogP contribution in [0.3, 0.4) is 0 Å². The molecule has 0 spiro atoms. The Morgan fingerprint density at radius 1 is 1.53 bits per heavy atom. The van der Waals surface area contributed by atoms with Crippen LogP contribution in [0, 0.1) is 0 Å². The Labute approximate surface area is 120 Å². The van der Waals surface area contributed by atoms with Gasteiger partial charge in [-0.15, -0.1) is 11.3 Å². The molecule has 1 aliphatic heterocycles. The molecule has 0 amide bonds. The molecule has 1 saturated heterocycles. The zero-order valence-corrected chi connectivity index (χ0v) is 12.8. The Hall–Kier alpha value is -0.650. The molecule has 1 N–H and O–H groups in total. The number of anilines is 1. The monoisotopic (exact) mass is 283 g/mol. The van der Waals surface area contributed by atoms with Gasteiger partial charge in [0, 0.05) is 38.7 Å². The molecule has 108 valence electrons. The van der Waals surface area contributed by atoms with Crippen LogP contribution in [0.4, 0.5) is 5.13 Å². The summed E-state index contributed by atoms with van der Waals surface area (Å²) in [5, 5.41) is 6.30. The third kappa shape index (κ3) is 4.44. The number of piperidine rings is 1. The smallest absolute Gasteiger partial charge is 0.182 e. The number of nitrogens with zero attached hydrogens (tertiary/aromatic N) is 2. The Balaban J connectivity index is 1.87. The number of hydrogen-bond donors (Lipinski definition) is 1. The van der Waals surface area contributed by atoms with Crippen molar-refractivity contribution in [3.8, 4) is 0 Å². The highest BCUT2D eigenvalue weighted by molar-refractivity contribution is 7.13. The molecule has 0 aromatic carbocycles. The van der Waals surface area contributed by atoms with Gasteiger partial charge in [0.2, 0.25) is 0 Å². The molecule has 1 fully saturated rings. The Morgan fingerprint density at radius 2 is 2.42 bits per heavy atom. The maximum absolute atomic E-state index is 5.17. The predicted molar refractivity (Wildman–Crippen MR) is 80.8 cm³/mol. The van der Waals surface area contributed by atoms with E-state index in [0.717, 1.165) is 24.7 Å². The zero-order chi connectivity index (χ0) is 13.5. The fourth-order valence-corrected chi connectivity index (χ4v) is 3.42. The third-order valence-electron chi connectivity index (χ3n) is 3.77. The van der Waals surface area contributed by atoms with Gasteiger partial charge in [-0.05, 0) is 32.2 Å². The third-order valence-corrected chi connectivity index (χ3v) is 4.67. The fourth-order valence-electron chi connectivity index (χ4n) is 2.76. The Morgan fingerprint density at radius 3 is 3.16 bits per heavy atom. The number of nitrogens with one attached hydrogen (secondary N) is 1. The van der Waals surface area contributed by atoms with Crippen LogP contribution in [0.1, 0.15) is 37.8 Å². The van der Waals surface area contributed by atoms with Crippen molar-refractivity contribution in [1.82, 2.24) is 9.88 Å². The number of methoxy groups -OCH3 is 1. The van der Waals surface area contributed by atoms with E-state index >= 15 is 0 Å². The van der Waals surface area contributed by atoms with Gasteiger partial charge < -0.3 is 10.1 Å². The lowest BCUT2D eigenvalue weighted by Crippen LogP contribution is -2.39. The number of likely N-dealkylation sites (tertiary alicyclic amines) is 1. The average Bonchev–Trinajstić information content (AvgIpc) is 2.89. The molecule has 0 unspecified atom stereocenters. The molecule has 0 radical (unpaired) electrons. The first-order valence-corrected chi connectivity index (χ1v) is 8.06. The van der Waals surface area contributed by atoms with Crippen LogP contribution in [-0.4, -0.2) is 43.2 Å². The predicted octanol–water partition coefficient (Wildman–Crippen LogP) is 2.97. The van der Waals surface area contributed by atoms with Crippen molar-refractivity contribution in [2.45, 2.75) is 44.7 Å². The van der Waals surface area contributed by atoms with E-state index in [1.807, 2.05) is 7.05 Å². The first-order chi connectivity index (χ1) is 9.33. The highest BCUT2D eigenvalue weighted by atomic mass is 32.1. The van der Waals surface area contributed by atoms with Gasteiger partial charge in [0.05, 0.1) is 5.69 Å². The normalized spacial score (nSPS) is 20.6. The van der Waals surface area contributed by atoms with Crippen molar-refractivity contribution in [2.24, 2.45) is 0 Å². The largest absolute Gasteiger partial charge is 0.385 e. The molecule has 0 aliphatic carbocycles. The second-order valence-electron chi connectivity index (χ2n) is 5.15. The number of rotatable bonds is 7. The van der Waals surface area contributed by atoms with Gasteiger partial charge >= 0.3 is 0 Å². The van der Waals surface area contributed by atoms with Gasteiger partial charge in [-0.1, -0.05) is 6.42 Å². The number of thiazole rings is 1. The van der Waals surface area contributed by atoms with Crippen molar-refractivity contribution in [1.29, 1.82) is 0 Å². The molecule has 1 aromatic heterocycles. The lowest BCUT2D eigenvalue weighted by molar-refractivity contribution is 0.115. The van der Waals surface area contributed by atoms with Crippen molar-refractivity contribution in [3.63, 3.8) is 0 Å².